The summed E-state index contributed by atoms with van der Waals surface area (Å²) in [6.45, 7) is -2.01. The molecule has 0 saturated heterocycles. The van der Waals surface area contributed by atoms with E-state index in [2.05, 4.69) is 4.52 Å². The second-order valence-electron chi connectivity index (χ2n) is 2.92. The molecule has 0 bridgehead atoms. The van der Waals surface area contributed by atoms with Crippen LogP contribution in [0.1, 0.15) is 0 Å². The number of ketones is 1. The molecule has 10 heteroatoms. The Balaban J connectivity index is 4.23. The third-order valence-electron chi connectivity index (χ3n) is 1.61. The number of phosphoric acid groups is 1. The molecule has 16 heavy (non-hydrogen) atoms. The number of rotatable bonds is 7. The number of phosphoric ester groups is 1. The zero-order valence-electron chi connectivity index (χ0n) is 8.00. The first kappa shape index (κ1) is 15.6. The Labute approximate surface area is 90.2 Å². The van der Waals surface area contributed by atoms with Crippen LogP contribution in [0, 0.1) is 0 Å². The highest BCUT2D eigenvalue weighted by Crippen LogP contribution is 2.35. The van der Waals surface area contributed by atoms with E-state index in [1.807, 2.05) is 0 Å². The number of carbonyl (C=O) groups is 1. The van der Waals surface area contributed by atoms with Crippen molar-refractivity contribution in [2.24, 2.45) is 0 Å². The van der Waals surface area contributed by atoms with Crippen molar-refractivity contribution in [1.29, 1.82) is 0 Å². The highest BCUT2D eigenvalue weighted by molar-refractivity contribution is 7.46. The molecule has 0 fully saturated rings. The summed E-state index contributed by atoms with van der Waals surface area (Å²) in [6, 6.07) is 0. The van der Waals surface area contributed by atoms with Crippen molar-refractivity contribution in [3.05, 3.63) is 0 Å². The first-order valence-corrected chi connectivity index (χ1v) is 5.60. The van der Waals surface area contributed by atoms with Gasteiger partial charge in [0.2, 0.25) is 0 Å². The molecule has 6 N–H and O–H groups in total. The lowest BCUT2D eigenvalue weighted by Crippen LogP contribution is -2.45. The molecule has 0 spiro atoms. The number of carbonyl (C=O) groups excluding carboxylic acids is 1. The average molecular weight is 260 g/mol. The van der Waals surface area contributed by atoms with Gasteiger partial charge in [-0.25, -0.2) is 4.57 Å². The molecule has 0 aromatic heterocycles. The lowest BCUT2D eigenvalue weighted by molar-refractivity contribution is -0.142. The fraction of sp³-hybridized carbons (Fsp3) is 0.833. The van der Waals surface area contributed by atoms with Crippen molar-refractivity contribution in [3.8, 4) is 0 Å². The third-order valence-corrected chi connectivity index (χ3v) is 2.08. The van der Waals surface area contributed by atoms with Crippen LogP contribution in [-0.4, -0.2) is 67.5 Å². The normalized spacial score (nSPS) is 17.9. The molecule has 3 atom stereocenters. The van der Waals surface area contributed by atoms with Crippen molar-refractivity contribution in [2.75, 3.05) is 13.2 Å². The van der Waals surface area contributed by atoms with Gasteiger partial charge >= 0.3 is 7.82 Å². The highest BCUT2D eigenvalue weighted by Gasteiger charge is 2.31. The van der Waals surface area contributed by atoms with Crippen LogP contribution in [0.5, 0.6) is 0 Å². The summed E-state index contributed by atoms with van der Waals surface area (Å²) in [6.07, 6.45) is -5.81. The predicted octanol–water partition coefficient (Wildman–Crippen LogP) is -3.26. The molecule has 0 saturated carbocycles. The van der Waals surface area contributed by atoms with Crippen molar-refractivity contribution >= 4 is 13.6 Å². The minimum absolute atomic E-state index is 0.884. The smallest absolute Gasteiger partial charge is 0.394 e. The van der Waals surface area contributed by atoms with Crippen LogP contribution in [0.25, 0.3) is 0 Å². The van der Waals surface area contributed by atoms with Gasteiger partial charge in [-0.05, 0) is 0 Å². The van der Waals surface area contributed by atoms with E-state index in [4.69, 9.17) is 30.2 Å². The van der Waals surface area contributed by atoms with Crippen molar-refractivity contribution in [2.45, 2.75) is 18.3 Å². The van der Waals surface area contributed by atoms with Crippen LogP contribution in [0.3, 0.4) is 0 Å². The Kier molecular flexibility index (Phi) is 6.23. The minimum atomic E-state index is -4.85. The van der Waals surface area contributed by atoms with Crippen LogP contribution < -0.4 is 0 Å². The molecule has 0 unspecified atom stereocenters. The van der Waals surface area contributed by atoms with Crippen LogP contribution in [0.4, 0.5) is 0 Å². The van der Waals surface area contributed by atoms with Gasteiger partial charge in [-0.2, -0.15) is 0 Å². The van der Waals surface area contributed by atoms with Crippen molar-refractivity contribution in [1.82, 2.24) is 0 Å². The van der Waals surface area contributed by atoms with E-state index >= 15 is 0 Å². The van der Waals surface area contributed by atoms with Crippen molar-refractivity contribution < 1.29 is 44.1 Å². The highest BCUT2D eigenvalue weighted by atomic mass is 31.2. The van der Waals surface area contributed by atoms with E-state index in [0.29, 0.717) is 0 Å². The Morgan fingerprint density at radius 2 is 1.75 bits per heavy atom. The second-order valence-corrected chi connectivity index (χ2v) is 4.16. The zero-order chi connectivity index (χ0) is 12.9. The number of aliphatic hydroxyl groups excluding tert-OH is 4. The molecule has 0 aromatic rings. The first-order chi connectivity index (χ1) is 7.19. The molecule has 0 aliphatic heterocycles. The molecule has 0 amide bonds. The molecule has 0 rings (SSSR count). The van der Waals surface area contributed by atoms with E-state index in [0.717, 1.165) is 0 Å². The lowest BCUT2D eigenvalue weighted by atomic mass is 10.1. The van der Waals surface area contributed by atoms with Gasteiger partial charge in [0.05, 0.1) is 6.61 Å². The standard InChI is InChI=1S/C6H13O9P/c7-1-3(8)5(10)6(11)4(9)2-15-16(12,13)14/h3,5-8,10-11H,1-2H2,(H2,12,13,14)/t3-,5+,6-/m1/s1. The number of Topliss-reactive ketones (excluding diaryl/α,β-unsaturated/α-hetero) is 1. The Morgan fingerprint density at radius 1 is 1.25 bits per heavy atom. The molecular weight excluding hydrogens is 247 g/mol. The lowest BCUT2D eigenvalue weighted by Gasteiger charge is -2.20. The van der Waals surface area contributed by atoms with Gasteiger partial charge in [0.1, 0.15) is 24.9 Å². The molecule has 9 nitrogen and oxygen atoms in total. The van der Waals surface area contributed by atoms with Crippen LogP contribution in [-0.2, 0) is 13.9 Å². The Morgan fingerprint density at radius 3 is 2.12 bits per heavy atom. The average Bonchev–Trinajstić information content (AvgIpc) is 2.21. The monoisotopic (exact) mass is 260 g/mol. The molecule has 96 valence electrons. The minimum Gasteiger partial charge on any atom is -0.394 e. The maximum atomic E-state index is 11.0. The van der Waals surface area contributed by atoms with E-state index in [-0.39, 0.29) is 0 Å². The summed E-state index contributed by atoms with van der Waals surface area (Å²) in [5.41, 5.74) is 0. The van der Waals surface area contributed by atoms with Gasteiger partial charge in [0.15, 0.2) is 5.78 Å². The van der Waals surface area contributed by atoms with Crippen LogP contribution >= 0.6 is 7.82 Å². The zero-order valence-corrected chi connectivity index (χ0v) is 8.90. The summed E-state index contributed by atoms with van der Waals surface area (Å²) < 4.78 is 14.0. The molecule has 0 aliphatic carbocycles. The van der Waals surface area contributed by atoms with Gasteiger partial charge in [-0.15, -0.1) is 0 Å². The fourth-order valence-electron chi connectivity index (χ4n) is 0.742. The molecule has 0 heterocycles. The van der Waals surface area contributed by atoms with Gasteiger partial charge in [-0.3, -0.25) is 9.32 Å². The predicted molar refractivity (Wildman–Crippen MR) is 48.1 cm³/mol. The third kappa shape index (κ3) is 5.64. The summed E-state index contributed by atoms with van der Waals surface area (Å²) in [5.74, 6) is -1.23. The van der Waals surface area contributed by atoms with Gasteiger partial charge in [-0.1, -0.05) is 0 Å². The first-order valence-electron chi connectivity index (χ1n) is 4.07. The van der Waals surface area contributed by atoms with Crippen LogP contribution in [0.2, 0.25) is 0 Å². The molecule has 0 radical (unpaired) electrons. The Bertz CT molecular complexity index is 273. The van der Waals surface area contributed by atoms with Crippen LogP contribution in [0.15, 0.2) is 0 Å². The van der Waals surface area contributed by atoms with Crippen molar-refractivity contribution in [3.63, 3.8) is 0 Å². The van der Waals surface area contributed by atoms with E-state index < -0.39 is 45.1 Å². The van der Waals surface area contributed by atoms with Gasteiger partial charge in [0, 0.05) is 0 Å². The maximum Gasteiger partial charge on any atom is 0.470 e. The van der Waals surface area contributed by atoms with E-state index in [9.17, 15) is 9.36 Å². The summed E-state index contributed by atoms with van der Waals surface area (Å²) in [7, 11) is -4.85. The molecule has 0 aromatic carbocycles. The molecular formula is C6H13O9P. The summed E-state index contributed by atoms with van der Waals surface area (Å²) in [5, 5.41) is 35.4. The second kappa shape index (κ2) is 6.38. The maximum absolute atomic E-state index is 11.0. The number of hydrogen-bond acceptors (Lipinski definition) is 7. The van der Waals surface area contributed by atoms with Gasteiger partial charge < -0.3 is 30.2 Å². The topological polar surface area (TPSA) is 165 Å². The summed E-state index contributed by atoms with van der Waals surface area (Å²) >= 11 is 0. The number of hydrogen-bond donors (Lipinski definition) is 6. The van der Waals surface area contributed by atoms with E-state index in [1.165, 1.54) is 0 Å². The number of aliphatic hydroxyl groups is 4. The SMILES string of the molecule is O=C(COP(=O)(O)O)[C@@H](O)[C@@H](O)[C@H](O)CO. The summed E-state index contributed by atoms with van der Waals surface area (Å²) in [4.78, 5) is 27.5. The van der Waals surface area contributed by atoms with E-state index in [1.54, 1.807) is 0 Å². The van der Waals surface area contributed by atoms with Gasteiger partial charge in [0.25, 0.3) is 0 Å². The Hall–Kier alpha value is -0.380. The quantitative estimate of drug-likeness (QED) is 0.258. The largest absolute Gasteiger partial charge is 0.470 e. The fourth-order valence-corrected chi connectivity index (χ4v) is 1.04. The molecule has 0 aliphatic rings.